The second-order valence-electron chi connectivity index (χ2n) is 2.63. The summed E-state index contributed by atoms with van der Waals surface area (Å²) >= 11 is 1.62. The minimum absolute atomic E-state index is 0.187. The second-order valence-corrected chi connectivity index (χ2v) is 3.77. The van der Waals surface area contributed by atoms with Crippen LogP contribution in [-0.2, 0) is 6.42 Å². The van der Waals surface area contributed by atoms with Gasteiger partial charge in [-0.1, -0.05) is 6.92 Å². The molecule has 0 N–H and O–H groups in total. The van der Waals surface area contributed by atoms with Crippen molar-refractivity contribution < 1.29 is 4.79 Å². The van der Waals surface area contributed by atoms with Crippen molar-refractivity contribution in [3.63, 3.8) is 0 Å². The van der Waals surface area contributed by atoms with Gasteiger partial charge in [0.2, 0.25) is 0 Å². The molecule has 1 aromatic rings. The summed E-state index contributed by atoms with van der Waals surface area (Å²) < 4.78 is 0. The van der Waals surface area contributed by atoms with Crippen molar-refractivity contribution in [2.45, 2.75) is 27.2 Å². The van der Waals surface area contributed by atoms with Crippen LogP contribution in [0.3, 0.4) is 0 Å². The van der Waals surface area contributed by atoms with Gasteiger partial charge in [-0.25, -0.2) is 0 Å². The van der Waals surface area contributed by atoms with E-state index in [0.717, 1.165) is 16.9 Å². The Balaban J connectivity index is 3.07. The Morgan fingerprint density at radius 3 is 2.55 bits per heavy atom. The molecule has 0 aliphatic carbocycles. The zero-order valence-corrected chi connectivity index (χ0v) is 7.92. The van der Waals surface area contributed by atoms with Gasteiger partial charge in [-0.15, -0.1) is 11.3 Å². The van der Waals surface area contributed by atoms with Crippen molar-refractivity contribution in [2.75, 3.05) is 0 Å². The monoisotopic (exact) mass is 168 g/mol. The summed E-state index contributed by atoms with van der Waals surface area (Å²) in [5.74, 6) is 0.187. The number of hydrogen-bond donors (Lipinski definition) is 0. The highest BCUT2D eigenvalue weighted by Crippen LogP contribution is 2.22. The molecule has 0 aliphatic rings. The van der Waals surface area contributed by atoms with Gasteiger partial charge in [0.25, 0.3) is 0 Å². The number of rotatable bonds is 2. The van der Waals surface area contributed by atoms with Crippen LogP contribution in [0.25, 0.3) is 0 Å². The van der Waals surface area contributed by atoms with Gasteiger partial charge in [0.05, 0.1) is 4.88 Å². The fourth-order valence-electron chi connectivity index (χ4n) is 1.07. The van der Waals surface area contributed by atoms with Gasteiger partial charge in [0, 0.05) is 4.88 Å². The molecule has 0 aromatic carbocycles. The zero-order valence-electron chi connectivity index (χ0n) is 7.10. The molecule has 1 nitrogen and oxygen atoms in total. The minimum Gasteiger partial charge on any atom is -0.294 e. The Morgan fingerprint density at radius 2 is 2.27 bits per heavy atom. The molecular formula is C9H12OS. The Hall–Kier alpha value is -0.630. The van der Waals surface area contributed by atoms with Crippen molar-refractivity contribution >= 4 is 17.1 Å². The molecule has 0 radical (unpaired) electrons. The average Bonchev–Trinajstić information content (AvgIpc) is 2.30. The van der Waals surface area contributed by atoms with Crippen molar-refractivity contribution in [2.24, 2.45) is 0 Å². The first-order valence-corrected chi connectivity index (χ1v) is 4.57. The van der Waals surface area contributed by atoms with Crippen molar-refractivity contribution in [1.82, 2.24) is 0 Å². The minimum atomic E-state index is 0.187. The van der Waals surface area contributed by atoms with Crippen molar-refractivity contribution in [1.29, 1.82) is 0 Å². The van der Waals surface area contributed by atoms with Crippen LogP contribution >= 0.6 is 11.3 Å². The van der Waals surface area contributed by atoms with E-state index < -0.39 is 0 Å². The number of aryl methyl sites for hydroxylation is 2. The molecule has 1 rings (SSSR count). The summed E-state index contributed by atoms with van der Waals surface area (Å²) in [6.07, 6.45) is 1.03. The van der Waals surface area contributed by atoms with Gasteiger partial charge in [-0.2, -0.15) is 0 Å². The standard InChI is InChI=1S/C9H12OS/c1-4-8-5-6(2)9(11-8)7(3)10/h5H,4H2,1-3H3. The number of ketones is 1. The summed E-state index contributed by atoms with van der Waals surface area (Å²) in [4.78, 5) is 13.2. The second kappa shape index (κ2) is 3.18. The van der Waals surface area contributed by atoms with Gasteiger partial charge in [-0.05, 0) is 31.9 Å². The molecule has 60 valence electrons. The average molecular weight is 168 g/mol. The topological polar surface area (TPSA) is 17.1 Å². The molecule has 0 bridgehead atoms. The molecule has 1 aromatic heterocycles. The van der Waals surface area contributed by atoms with Crippen molar-refractivity contribution in [3.8, 4) is 0 Å². The third-order valence-corrected chi connectivity index (χ3v) is 3.12. The maximum atomic E-state index is 11.0. The summed E-state index contributed by atoms with van der Waals surface area (Å²) in [7, 11) is 0. The Labute approximate surface area is 71.1 Å². The highest BCUT2D eigenvalue weighted by Gasteiger charge is 2.07. The lowest BCUT2D eigenvalue weighted by Gasteiger charge is -1.87. The van der Waals surface area contributed by atoms with Gasteiger partial charge in [0.1, 0.15) is 0 Å². The van der Waals surface area contributed by atoms with Crippen LogP contribution in [0.4, 0.5) is 0 Å². The van der Waals surface area contributed by atoms with E-state index in [1.807, 2.05) is 6.92 Å². The SMILES string of the molecule is CCc1cc(C)c(C(C)=O)s1. The van der Waals surface area contributed by atoms with Crippen LogP contribution in [0.5, 0.6) is 0 Å². The molecule has 11 heavy (non-hydrogen) atoms. The largest absolute Gasteiger partial charge is 0.294 e. The predicted octanol–water partition coefficient (Wildman–Crippen LogP) is 2.82. The highest BCUT2D eigenvalue weighted by molar-refractivity contribution is 7.14. The third kappa shape index (κ3) is 1.69. The number of hydrogen-bond acceptors (Lipinski definition) is 2. The lowest BCUT2D eigenvalue weighted by atomic mass is 10.2. The highest BCUT2D eigenvalue weighted by atomic mass is 32.1. The third-order valence-electron chi connectivity index (χ3n) is 1.64. The molecule has 2 heteroatoms. The first kappa shape index (κ1) is 8.47. The summed E-state index contributed by atoms with van der Waals surface area (Å²) in [5, 5.41) is 0. The number of carbonyl (C=O) groups is 1. The number of Topliss-reactive ketones (excluding diaryl/α,β-unsaturated/α-hetero) is 1. The molecule has 0 unspecified atom stereocenters. The fraction of sp³-hybridized carbons (Fsp3) is 0.444. The van der Waals surface area contributed by atoms with Crippen LogP contribution in [0, 0.1) is 6.92 Å². The summed E-state index contributed by atoms with van der Waals surface area (Å²) in [5.41, 5.74) is 1.12. The molecule has 0 spiro atoms. The fourth-order valence-corrected chi connectivity index (χ4v) is 2.08. The summed E-state index contributed by atoms with van der Waals surface area (Å²) in [6.45, 7) is 5.72. The molecule has 1 heterocycles. The first-order chi connectivity index (χ1) is 5.15. The van der Waals surface area contributed by atoms with Gasteiger partial charge >= 0.3 is 0 Å². The maximum Gasteiger partial charge on any atom is 0.169 e. The lowest BCUT2D eigenvalue weighted by Crippen LogP contribution is -1.87. The normalized spacial score (nSPS) is 10.1. The van der Waals surface area contributed by atoms with E-state index in [4.69, 9.17) is 0 Å². The van der Waals surface area contributed by atoms with Gasteiger partial charge in [-0.3, -0.25) is 4.79 Å². The van der Waals surface area contributed by atoms with E-state index >= 15 is 0 Å². The van der Waals surface area contributed by atoms with E-state index in [2.05, 4.69) is 13.0 Å². The molecule has 0 atom stereocenters. The van der Waals surface area contributed by atoms with Crippen LogP contribution < -0.4 is 0 Å². The van der Waals surface area contributed by atoms with Crippen LogP contribution in [-0.4, -0.2) is 5.78 Å². The Kier molecular flexibility index (Phi) is 2.45. The Morgan fingerprint density at radius 1 is 1.64 bits per heavy atom. The molecule has 0 saturated heterocycles. The zero-order chi connectivity index (χ0) is 8.43. The van der Waals surface area contributed by atoms with Gasteiger partial charge < -0.3 is 0 Å². The van der Waals surface area contributed by atoms with Crippen molar-refractivity contribution in [3.05, 3.63) is 21.4 Å². The first-order valence-electron chi connectivity index (χ1n) is 3.75. The maximum absolute atomic E-state index is 11.0. The van der Waals surface area contributed by atoms with E-state index in [0.29, 0.717) is 0 Å². The molecule has 0 saturated carbocycles. The molecule has 0 amide bonds. The molecule has 0 fully saturated rings. The Bertz CT molecular complexity index is 273. The molecular weight excluding hydrogens is 156 g/mol. The number of thiophene rings is 1. The lowest BCUT2D eigenvalue weighted by molar-refractivity contribution is 0.102. The number of carbonyl (C=O) groups excluding carboxylic acids is 1. The quantitative estimate of drug-likeness (QED) is 0.620. The smallest absolute Gasteiger partial charge is 0.169 e. The predicted molar refractivity (Wildman–Crippen MR) is 48.4 cm³/mol. The van der Waals surface area contributed by atoms with E-state index in [1.165, 1.54) is 4.88 Å². The van der Waals surface area contributed by atoms with Crippen LogP contribution in [0.1, 0.15) is 34.0 Å². The van der Waals surface area contributed by atoms with Crippen LogP contribution in [0.15, 0.2) is 6.07 Å². The van der Waals surface area contributed by atoms with Gasteiger partial charge in [0.15, 0.2) is 5.78 Å². The van der Waals surface area contributed by atoms with E-state index in [1.54, 1.807) is 18.3 Å². The summed E-state index contributed by atoms with van der Waals surface area (Å²) in [6, 6.07) is 2.10. The molecule has 0 aliphatic heterocycles. The van der Waals surface area contributed by atoms with E-state index in [-0.39, 0.29) is 5.78 Å². The van der Waals surface area contributed by atoms with E-state index in [9.17, 15) is 4.79 Å². The van der Waals surface area contributed by atoms with Crippen LogP contribution in [0.2, 0.25) is 0 Å².